The number of aryl methyl sites for hydroxylation is 1. The number of benzene rings is 1. The summed E-state index contributed by atoms with van der Waals surface area (Å²) in [5, 5.41) is 0. The summed E-state index contributed by atoms with van der Waals surface area (Å²) in [6, 6.07) is 11.1. The van der Waals surface area contributed by atoms with Crippen molar-refractivity contribution >= 4 is 11.6 Å². The van der Waals surface area contributed by atoms with Crippen molar-refractivity contribution in [1.29, 1.82) is 0 Å². The maximum absolute atomic E-state index is 12.3. The molecule has 2 N–H and O–H groups in total. The molecule has 0 saturated carbocycles. The average molecular weight is 255 g/mol. The zero-order chi connectivity index (χ0) is 13.8. The van der Waals surface area contributed by atoms with Crippen molar-refractivity contribution in [3.8, 4) is 0 Å². The van der Waals surface area contributed by atoms with Gasteiger partial charge >= 0.3 is 0 Å². The molecule has 2 aromatic rings. The van der Waals surface area contributed by atoms with E-state index in [0.29, 0.717) is 12.1 Å². The summed E-state index contributed by atoms with van der Waals surface area (Å²) >= 11 is 0. The number of pyridine rings is 1. The van der Waals surface area contributed by atoms with Gasteiger partial charge in [-0.3, -0.25) is 9.78 Å². The van der Waals surface area contributed by atoms with Gasteiger partial charge in [0, 0.05) is 31.2 Å². The predicted octanol–water partition coefficient (Wildman–Crippen LogP) is 2.24. The highest BCUT2D eigenvalue weighted by Gasteiger charge is 2.14. The number of nitrogens with zero attached hydrogens (tertiary/aromatic N) is 2. The van der Waals surface area contributed by atoms with Gasteiger partial charge in [-0.15, -0.1) is 0 Å². The Morgan fingerprint density at radius 1 is 1.26 bits per heavy atom. The largest absolute Gasteiger partial charge is 0.399 e. The molecule has 0 aliphatic heterocycles. The summed E-state index contributed by atoms with van der Waals surface area (Å²) < 4.78 is 0. The molecule has 1 aromatic heterocycles. The van der Waals surface area contributed by atoms with E-state index >= 15 is 0 Å². The fourth-order valence-electron chi connectivity index (χ4n) is 1.88. The van der Waals surface area contributed by atoms with E-state index in [2.05, 4.69) is 4.98 Å². The maximum Gasteiger partial charge on any atom is 0.255 e. The van der Waals surface area contributed by atoms with E-state index in [-0.39, 0.29) is 5.91 Å². The first-order valence-corrected chi connectivity index (χ1v) is 6.09. The Labute approximate surface area is 112 Å². The van der Waals surface area contributed by atoms with Crippen LogP contribution in [0.5, 0.6) is 0 Å². The highest BCUT2D eigenvalue weighted by Crippen LogP contribution is 2.12. The molecule has 0 spiro atoms. The van der Waals surface area contributed by atoms with Crippen LogP contribution in [0.3, 0.4) is 0 Å². The lowest BCUT2D eigenvalue weighted by Gasteiger charge is -2.18. The lowest BCUT2D eigenvalue weighted by atomic mass is 10.1. The number of nitrogens with two attached hydrogens (primary N) is 1. The number of carbonyl (C=O) groups is 1. The third kappa shape index (κ3) is 3.10. The number of amides is 1. The Morgan fingerprint density at radius 2 is 1.95 bits per heavy atom. The molecule has 1 heterocycles. The van der Waals surface area contributed by atoms with Crippen molar-refractivity contribution < 1.29 is 4.79 Å². The van der Waals surface area contributed by atoms with Crippen molar-refractivity contribution in [1.82, 2.24) is 9.88 Å². The van der Waals surface area contributed by atoms with Crippen LogP contribution in [0, 0.1) is 6.92 Å². The molecule has 2 rings (SSSR count). The van der Waals surface area contributed by atoms with Gasteiger partial charge in [0.2, 0.25) is 0 Å². The van der Waals surface area contributed by atoms with Gasteiger partial charge in [0.05, 0.1) is 5.56 Å². The van der Waals surface area contributed by atoms with Gasteiger partial charge in [-0.2, -0.15) is 0 Å². The number of anilines is 1. The Kier molecular flexibility index (Phi) is 3.80. The summed E-state index contributed by atoms with van der Waals surface area (Å²) in [6.07, 6.45) is 1.69. The Hall–Kier alpha value is -2.36. The molecule has 0 saturated heterocycles. The Morgan fingerprint density at radius 3 is 2.58 bits per heavy atom. The van der Waals surface area contributed by atoms with Crippen molar-refractivity contribution in [2.75, 3.05) is 12.8 Å². The molecule has 0 bridgehead atoms. The number of hydrogen-bond acceptors (Lipinski definition) is 3. The van der Waals surface area contributed by atoms with Crippen LogP contribution in [0.2, 0.25) is 0 Å². The van der Waals surface area contributed by atoms with E-state index in [4.69, 9.17) is 5.73 Å². The number of rotatable bonds is 3. The van der Waals surface area contributed by atoms with Crippen LogP contribution in [-0.4, -0.2) is 22.8 Å². The van der Waals surface area contributed by atoms with Crippen molar-refractivity contribution in [2.45, 2.75) is 13.5 Å². The quantitative estimate of drug-likeness (QED) is 0.856. The summed E-state index contributed by atoms with van der Waals surface area (Å²) in [5.74, 6) is -0.0255. The van der Waals surface area contributed by atoms with Crippen LogP contribution in [-0.2, 0) is 6.54 Å². The van der Waals surface area contributed by atoms with Gasteiger partial charge in [-0.25, -0.2) is 0 Å². The molecular weight excluding hydrogens is 238 g/mol. The van der Waals surface area contributed by atoms with Crippen LogP contribution >= 0.6 is 0 Å². The first-order valence-electron chi connectivity index (χ1n) is 6.09. The molecule has 0 atom stereocenters. The van der Waals surface area contributed by atoms with E-state index in [0.717, 1.165) is 16.9 Å². The fourth-order valence-corrected chi connectivity index (χ4v) is 1.88. The number of carbonyl (C=O) groups excluding carboxylic acids is 1. The minimum absolute atomic E-state index is 0.0255. The zero-order valence-electron chi connectivity index (χ0n) is 11.1. The number of nitrogen functional groups attached to an aromatic ring is 1. The molecule has 0 radical (unpaired) electrons. The molecule has 19 heavy (non-hydrogen) atoms. The van der Waals surface area contributed by atoms with Crippen molar-refractivity contribution in [3.05, 3.63) is 59.4 Å². The van der Waals surface area contributed by atoms with Gasteiger partial charge < -0.3 is 10.6 Å². The van der Waals surface area contributed by atoms with Crippen LogP contribution in [0.4, 0.5) is 5.69 Å². The fraction of sp³-hybridized carbons (Fsp3) is 0.200. The third-order valence-corrected chi connectivity index (χ3v) is 2.98. The monoisotopic (exact) mass is 255 g/mol. The van der Waals surface area contributed by atoms with E-state index in [1.165, 1.54) is 0 Å². The molecule has 0 unspecified atom stereocenters. The smallest absolute Gasteiger partial charge is 0.255 e. The standard InChI is InChI=1S/C15H17N3O/c1-11-14(4-3-9-17-11)15(19)18(2)10-12-5-7-13(16)8-6-12/h3-9H,10,16H2,1-2H3. The van der Waals surface area contributed by atoms with Crippen LogP contribution in [0.15, 0.2) is 42.6 Å². The lowest BCUT2D eigenvalue weighted by molar-refractivity contribution is 0.0784. The van der Waals surface area contributed by atoms with Gasteiger partial charge in [-0.1, -0.05) is 12.1 Å². The highest BCUT2D eigenvalue weighted by atomic mass is 16.2. The summed E-state index contributed by atoms with van der Waals surface area (Å²) in [5.41, 5.74) is 8.80. The summed E-state index contributed by atoms with van der Waals surface area (Å²) in [7, 11) is 1.78. The topological polar surface area (TPSA) is 59.2 Å². The first-order chi connectivity index (χ1) is 9.08. The maximum atomic E-state index is 12.3. The second-order valence-electron chi connectivity index (χ2n) is 4.54. The van der Waals surface area contributed by atoms with Gasteiger partial charge in [-0.05, 0) is 36.8 Å². The molecule has 1 amide bonds. The molecule has 0 aliphatic rings. The summed E-state index contributed by atoms with van der Waals surface area (Å²) in [4.78, 5) is 18.1. The number of aromatic nitrogens is 1. The lowest BCUT2D eigenvalue weighted by Crippen LogP contribution is -2.27. The second kappa shape index (κ2) is 5.52. The molecular formula is C15H17N3O. The van der Waals surface area contributed by atoms with Crippen LogP contribution < -0.4 is 5.73 Å². The van der Waals surface area contributed by atoms with Crippen molar-refractivity contribution in [3.63, 3.8) is 0 Å². The Balaban J connectivity index is 2.12. The Bertz CT molecular complexity index is 578. The molecule has 98 valence electrons. The van der Waals surface area contributed by atoms with Crippen molar-refractivity contribution in [2.24, 2.45) is 0 Å². The van der Waals surface area contributed by atoms with Gasteiger partial charge in [0.1, 0.15) is 0 Å². The number of hydrogen-bond donors (Lipinski definition) is 1. The van der Waals surface area contributed by atoms with Crippen LogP contribution in [0.1, 0.15) is 21.6 Å². The van der Waals surface area contributed by atoms with Crippen LogP contribution in [0.25, 0.3) is 0 Å². The minimum atomic E-state index is -0.0255. The first kappa shape index (κ1) is 13.1. The second-order valence-corrected chi connectivity index (χ2v) is 4.54. The average Bonchev–Trinajstić information content (AvgIpc) is 2.41. The molecule has 0 aliphatic carbocycles. The van der Waals surface area contributed by atoms with E-state index in [9.17, 15) is 4.79 Å². The minimum Gasteiger partial charge on any atom is -0.399 e. The molecule has 4 heteroatoms. The van der Waals surface area contributed by atoms with Gasteiger partial charge in [0.25, 0.3) is 5.91 Å². The predicted molar refractivity (Wildman–Crippen MR) is 75.6 cm³/mol. The third-order valence-electron chi connectivity index (χ3n) is 2.98. The normalized spacial score (nSPS) is 10.2. The SMILES string of the molecule is Cc1ncccc1C(=O)N(C)Cc1ccc(N)cc1. The molecule has 4 nitrogen and oxygen atoms in total. The van der Waals surface area contributed by atoms with E-state index < -0.39 is 0 Å². The van der Waals surface area contributed by atoms with E-state index in [1.54, 1.807) is 30.3 Å². The molecule has 0 fully saturated rings. The summed E-state index contributed by atoms with van der Waals surface area (Å²) in [6.45, 7) is 2.39. The molecule has 1 aromatic carbocycles. The zero-order valence-corrected chi connectivity index (χ0v) is 11.1. The highest BCUT2D eigenvalue weighted by molar-refractivity contribution is 5.94. The van der Waals surface area contributed by atoms with E-state index in [1.807, 2.05) is 31.2 Å². The van der Waals surface area contributed by atoms with Gasteiger partial charge in [0.15, 0.2) is 0 Å².